The first-order valence-corrected chi connectivity index (χ1v) is 6.15. The average molecular weight is 296 g/mol. The molecule has 4 nitrogen and oxygen atoms in total. The van der Waals surface area contributed by atoms with Crippen molar-refractivity contribution in [3.63, 3.8) is 0 Å². The largest absolute Gasteiger partial charge is 0.433 e. The van der Waals surface area contributed by atoms with Crippen LogP contribution in [0.3, 0.4) is 0 Å². The second-order valence-electron chi connectivity index (χ2n) is 4.69. The molecule has 7 heteroatoms. The number of alkyl halides is 3. The molecule has 2 rings (SSSR count). The number of nitrogens with zero attached hydrogens (tertiary/aromatic N) is 2. The Kier molecular flexibility index (Phi) is 3.93. The standard InChI is InChI=1S/C14H15F3N4/c1-21(2)12-6-4-3-5-10(12)20-11-7-13(14(15,16)17)19-8-9(11)18/h3-8H,18H2,1-2H3,(H,19,20). The monoisotopic (exact) mass is 296 g/mol. The van der Waals surface area contributed by atoms with E-state index in [1.54, 1.807) is 12.1 Å². The number of benzene rings is 1. The van der Waals surface area contributed by atoms with Gasteiger partial charge in [-0.1, -0.05) is 12.1 Å². The van der Waals surface area contributed by atoms with Crippen LogP contribution >= 0.6 is 0 Å². The van der Waals surface area contributed by atoms with Gasteiger partial charge in [-0.05, 0) is 18.2 Å². The maximum Gasteiger partial charge on any atom is 0.433 e. The van der Waals surface area contributed by atoms with E-state index in [1.807, 2.05) is 31.1 Å². The van der Waals surface area contributed by atoms with Crippen LogP contribution in [0.2, 0.25) is 0 Å². The van der Waals surface area contributed by atoms with Gasteiger partial charge >= 0.3 is 6.18 Å². The van der Waals surface area contributed by atoms with E-state index in [9.17, 15) is 13.2 Å². The minimum Gasteiger partial charge on any atom is -0.396 e. The molecule has 0 saturated heterocycles. The third-order valence-electron chi connectivity index (χ3n) is 2.88. The van der Waals surface area contributed by atoms with Gasteiger partial charge < -0.3 is 16.0 Å². The molecule has 0 saturated carbocycles. The smallest absolute Gasteiger partial charge is 0.396 e. The first kappa shape index (κ1) is 15.0. The number of para-hydroxylation sites is 2. The predicted molar refractivity (Wildman–Crippen MR) is 77.7 cm³/mol. The molecule has 1 aromatic heterocycles. The molecule has 21 heavy (non-hydrogen) atoms. The number of halogens is 3. The van der Waals surface area contributed by atoms with E-state index in [2.05, 4.69) is 10.3 Å². The molecular weight excluding hydrogens is 281 g/mol. The van der Waals surface area contributed by atoms with Gasteiger partial charge in [0.25, 0.3) is 0 Å². The Bertz CT molecular complexity index is 638. The summed E-state index contributed by atoms with van der Waals surface area (Å²) in [6.45, 7) is 0. The quantitative estimate of drug-likeness (QED) is 0.910. The van der Waals surface area contributed by atoms with Crippen LogP contribution in [0.5, 0.6) is 0 Å². The average Bonchev–Trinajstić information content (AvgIpc) is 2.40. The molecule has 0 unspecified atom stereocenters. The second kappa shape index (κ2) is 5.51. The molecule has 0 bridgehead atoms. The van der Waals surface area contributed by atoms with Crippen molar-refractivity contribution in [3.8, 4) is 0 Å². The molecule has 2 aromatic rings. The number of nitrogens with one attached hydrogen (secondary N) is 1. The fourth-order valence-corrected chi connectivity index (χ4v) is 1.84. The van der Waals surface area contributed by atoms with Gasteiger partial charge in [-0.15, -0.1) is 0 Å². The highest BCUT2D eigenvalue weighted by molar-refractivity contribution is 5.79. The molecule has 0 radical (unpaired) electrons. The number of rotatable bonds is 3. The lowest BCUT2D eigenvalue weighted by atomic mass is 10.2. The Morgan fingerprint density at radius 2 is 1.81 bits per heavy atom. The van der Waals surface area contributed by atoms with Crippen LogP contribution < -0.4 is 16.0 Å². The van der Waals surface area contributed by atoms with E-state index in [0.717, 1.165) is 18.0 Å². The zero-order valence-electron chi connectivity index (χ0n) is 11.6. The van der Waals surface area contributed by atoms with Gasteiger partial charge in [-0.25, -0.2) is 4.98 Å². The molecular formula is C14H15F3N4. The number of aromatic nitrogens is 1. The molecule has 0 fully saturated rings. The van der Waals surface area contributed by atoms with Crippen molar-refractivity contribution in [2.75, 3.05) is 30.0 Å². The molecule has 112 valence electrons. The minimum absolute atomic E-state index is 0.150. The summed E-state index contributed by atoms with van der Waals surface area (Å²) in [6, 6.07) is 8.16. The van der Waals surface area contributed by atoms with Crippen LogP contribution in [-0.2, 0) is 6.18 Å². The fourth-order valence-electron chi connectivity index (χ4n) is 1.84. The van der Waals surface area contributed by atoms with E-state index in [4.69, 9.17) is 5.73 Å². The number of pyridine rings is 1. The van der Waals surface area contributed by atoms with Crippen molar-refractivity contribution in [2.24, 2.45) is 0 Å². The highest BCUT2D eigenvalue weighted by Crippen LogP contribution is 2.34. The van der Waals surface area contributed by atoms with E-state index in [1.165, 1.54) is 0 Å². The molecule has 0 aliphatic heterocycles. The zero-order chi connectivity index (χ0) is 15.6. The third-order valence-corrected chi connectivity index (χ3v) is 2.88. The minimum atomic E-state index is -4.51. The molecule has 0 aliphatic rings. The number of anilines is 4. The number of hydrogen-bond acceptors (Lipinski definition) is 4. The summed E-state index contributed by atoms with van der Waals surface area (Å²) in [5, 5.41) is 2.93. The maximum atomic E-state index is 12.7. The number of nitrogens with two attached hydrogens (primary N) is 1. The summed E-state index contributed by atoms with van der Waals surface area (Å²) in [7, 11) is 3.69. The van der Waals surface area contributed by atoms with Crippen molar-refractivity contribution < 1.29 is 13.2 Å². The van der Waals surface area contributed by atoms with Gasteiger partial charge in [-0.2, -0.15) is 13.2 Å². The van der Waals surface area contributed by atoms with Crippen molar-refractivity contribution in [1.82, 2.24) is 4.98 Å². The van der Waals surface area contributed by atoms with Crippen molar-refractivity contribution >= 4 is 22.7 Å². The first-order chi connectivity index (χ1) is 9.79. The molecule has 0 amide bonds. The van der Waals surface area contributed by atoms with Crippen molar-refractivity contribution in [3.05, 3.63) is 42.2 Å². The van der Waals surface area contributed by atoms with Crippen LogP contribution in [0, 0.1) is 0 Å². The molecule has 0 spiro atoms. The zero-order valence-corrected chi connectivity index (χ0v) is 11.6. The SMILES string of the molecule is CN(C)c1ccccc1Nc1cc(C(F)(F)F)ncc1N. The van der Waals surface area contributed by atoms with E-state index in [0.29, 0.717) is 5.69 Å². The van der Waals surface area contributed by atoms with Gasteiger partial charge in [0.2, 0.25) is 0 Å². The van der Waals surface area contributed by atoms with E-state index >= 15 is 0 Å². The topological polar surface area (TPSA) is 54.2 Å². The van der Waals surface area contributed by atoms with Gasteiger partial charge in [0.05, 0.1) is 28.9 Å². The predicted octanol–water partition coefficient (Wildman–Crippen LogP) is 3.49. The summed E-state index contributed by atoms with van der Waals surface area (Å²) in [6.07, 6.45) is -3.51. The highest BCUT2D eigenvalue weighted by atomic mass is 19.4. The second-order valence-corrected chi connectivity index (χ2v) is 4.69. The summed E-state index contributed by atoms with van der Waals surface area (Å²) >= 11 is 0. The summed E-state index contributed by atoms with van der Waals surface area (Å²) in [5.74, 6) is 0. The fraction of sp³-hybridized carbons (Fsp3) is 0.214. The lowest BCUT2D eigenvalue weighted by Gasteiger charge is -2.19. The summed E-state index contributed by atoms with van der Waals surface area (Å²) in [5.41, 5.74) is 6.53. The normalized spacial score (nSPS) is 11.3. The molecule has 1 heterocycles. The first-order valence-electron chi connectivity index (χ1n) is 6.15. The van der Waals surface area contributed by atoms with E-state index in [-0.39, 0.29) is 11.4 Å². The van der Waals surface area contributed by atoms with Gasteiger partial charge in [0, 0.05) is 14.1 Å². The third kappa shape index (κ3) is 3.36. The Labute approximate surface area is 120 Å². The number of hydrogen-bond donors (Lipinski definition) is 2. The summed E-state index contributed by atoms with van der Waals surface area (Å²) in [4.78, 5) is 5.16. The Balaban J connectivity index is 2.40. The van der Waals surface area contributed by atoms with Crippen LogP contribution in [-0.4, -0.2) is 19.1 Å². The Hall–Kier alpha value is -2.44. The molecule has 0 aliphatic carbocycles. The molecule has 3 N–H and O–H groups in total. The van der Waals surface area contributed by atoms with Gasteiger partial charge in [0.1, 0.15) is 5.69 Å². The molecule has 1 aromatic carbocycles. The molecule has 0 atom stereocenters. The van der Waals surface area contributed by atoms with Crippen LogP contribution in [0.25, 0.3) is 0 Å². The number of nitrogen functional groups attached to an aromatic ring is 1. The Morgan fingerprint density at radius 1 is 1.14 bits per heavy atom. The highest BCUT2D eigenvalue weighted by Gasteiger charge is 2.33. The van der Waals surface area contributed by atoms with Gasteiger partial charge in [0.15, 0.2) is 0 Å². The van der Waals surface area contributed by atoms with E-state index < -0.39 is 11.9 Å². The van der Waals surface area contributed by atoms with Crippen molar-refractivity contribution in [2.45, 2.75) is 6.18 Å². The van der Waals surface area contributed by atoms with Gasteiger partial charge in [-0.3, -0.25) is 0 Å². The van der Waals surface area contributed by atoms with Crippen LogP contribution in [0.1, 0.15) is 5.69 Å². The van der Waals surface area contributed by atoms with Crippen LogP contribution in [0.4, 0.5) is 35.9 Å². The summed E-state index contributed by atoms with van der Waals surface area (Å²) < 4.78 is 38.1. The maximum absolute atomic E-state index is 12.7. The lowest BCUT2D eigenvalue weighted by molar-refractivity contribution is -0.141. The Morgan fingerprint density at radius 3 is 2.43 bits per heavy atom. The van der Waals surface area contributed by atoms with Crippen molar-refractivity contribution in [1.29, 1.82) is 0 Å². The lowest BCUT2D eigenvalue weighted by Crippen LogP contribution is -2.12. The van der Waals surface area contributed by atoms with Crippen LogP contribution in [0.15, 0.2) is 36.5 Å².